The van der Waals surface area contributed by atoms with Gasteiger partial charge in [0.15, 0.2) is 0 Å². The molecule has 0 fully saturated rings. The number of rotatable bonds is 4. The maximum absolute atomic E-state index is 3.21. The van der Waals surface area contributed by atoms with Gasteiger partial charge in [-0.2, -0.15) is 0 Å². The van der Waals surface area contributed by atoms with Crippen molar-refractivity contribution < 1.29 is 0 Å². The maximum Gasteiger partial charge on any atom is 0.0208 e. The first-order valence-corrected chi connectivity index (χ1v) is 5.77. The summed E-state index contributed by atoms with van der Waals surface area (Å²) >= 11 is 0. The van der Waals surface area contributed by atoms with Crippen LogP contribution >= 0.6 is 0 Å². The summed E-state index contributed by atoms with van der Waals surface area (Å²) in [7, 11) is 1.98. The molecule has 0 bridgehead atoms. The molecule has 1 aromatic carbocycles. The van der Waals surface area contributed by atoms with E-state index in [9.17, 15) is 0 Å². The third-order valence-electron chi connectivity index (χ3n) is 2.82. The lowest BCUT2D eigenvalue weighted by Crippen LogP contribution is -2.07. The van der Waals surface area contributed by atoms with E-state index in [4.69, 9.17) is 0 Å². The predicted octanol–water partition coefficient (Wildman–Crippen LogP) is 3.78. The molecule has 0 spiro atoms. The molecule has 1 N–H and O–H groups in total. The Hall–Kier alpha value is -1.34. The Kier molecular flexibility index (Phi) is 5.00. The van der Waals surface area contributed by atoms with Crippen molar-refractivity contribution in [2.24, 2.45) is 0 Å². The summed E-state index contributed by atoms with van der Waals surface area (Å²) in [5.74, 6) is 0. The molecular formula is C15H21N. The van der Waals surface area contributed by atoms with E-state index in [1.165, 1.54) is 22.3 Å². The third-order valence-corrected chi connectivity index (χ3v) is 2.82. The summed E-state index contributed by atoms with van der Waals surface area (Å²) in [5, 5.41) is 3.21. The van der Waals surface area contributed by atoms with E-state index in [2.05, 4.69) is 62.5 Å². The molecule has 16 heavy (non-hydrogen) atoms. The lowest BCUT2D eigenvalue weighted by molar-refractivity contribution is 0.815. The van der Waals surface area contributed by atoms with Crippen LogP contribution in [0.4, 0.5) is 0 Å². The van der Waals surface area contributed by atoms with Crippen LogP contribution in [0.3, 0.4) is 0 Å². The van der Waals surface area contributed by atoms with Gasteiger partial charge in [0.2, 0.25) is 0 Å². The summed E-state index contributed by atoms with van der Waals surface area (Å²) in [6, 6.07) is 8.56. The van der Waals surface area contributed by atoms with Gasteiger partial charge in [-0.1, -0.05) is 36.4 Å². The second kappa shape index (κ2) is 6.29. The summed E-state index contributed by atoms with van der Waals surface area (Å²) in [6.45, 7) is 7.24. The Morgan fingerprint density at radius 2 is 1.88 bits per heavy atom. The molecule has 1 aromatic rings. The molecule has 0 atom stereocenters. The van der Waals surface area contributed by atoms with Crippen molar-refractivity contribution in [3.8, 4) is 0 Å². The lowest BCUT2D eigenvalue weighted by Gasteiger charge is -2.13. The van der Waals surface area contributed by atoms with Gasteiger partial charge in [0, 0.05) is 6.54 Å². The van der Waals surface area contributed by atoms with Crippen LogP contribution in [0, 0.1) is 0 Å². The number of allylic oxidation sites excluding steroid dienone is 4. The molecule has 86 valence electrons. The average Bonchev–Trinajstić information content (AvgIpc) is 2.32. The zero-order valence-electron chi connectivity index (χ0n) is 10.7. The molecule has 1 nitrogen and oxygen atoms in total. The van der Waals surface area contributed by atoms with Gasteiger partial charge in [-0.3, -0.25) is 0 Å². The molecule has 0 heterocycles. The van der Waals surface area contributed by atoms with Gasteiger partial charge in [-0.25, -0.2) is 0 Å². The van der Waals surface area contributed by atoms with Gasteiger partial charge in [0.05, 0.1) is 0 Å². The topological polar surface area (TPSA) is 12.0 Å². The highest BCUT2D eigenvalue weighted by atomic mass is 14.8. The minimum Gasteiger partial charge on any atom is -0.316 e. The van der Waals surface area contributed by atoms with Crippen LogP contribution in [0.5, 0.6) is 0 Å². The van der Waals surface area contributed by atoms with Crippen LogP contribution in [-0.2, 0) is 6.54 Å². The van der Waals surface area contributed by atoms with Crippen LogP contribution in [0.15, 0.2) is 42.0 Å². The van der Waals surface area contributed by atoms with E-state index < -0.39 is 0 Å². The summed E-state index contributed by atoms with van der Waals surface area (Å²) in [5.41, 5.74) is 5.33. The van der Waals surface area contributed by atoms with Crippen molar-refractivity contribution in [3.05, 3.63) is 53.1 Å². The van der Waals surface area contributed by atoms with Crippen molar-refractivity contribution in [1.29, 1.82) is 0 Å². The first-order valence-electron chi connectivity index (χ1n) is 5.77. The van der Waals surface area contributed by atoms with Crippen molar-refractivity contribution in [1.82, 2.24) is 5.32 Å². The van der Waals surface area contributed by atoms with Gasteiger partial charge in [0.25, 0.3) is 0 Å². The Bertz CT molecular complexity index is 400. The molecule has 1 heteroatoms. The van der Waals surface area contributed by atoms with E-state index in [-0.39, 0.29) is 0 Å². The maximum atomic E-state index is 3.21. The van der Waals surface area contributed by atoms with Crippen molar-refractivity contribution in [2.45, 2.75) is 27.3 Å². The van der Waals surface area contributed by atoms with Gasteiger partial charge in [-0.05, 0) is 50.1 Å². The van der Waals surface area contributed by atoms with E-state index in [1.807, 2.05) is 7.05 Å². The van der Waals surface area contributed by atoms with Crippen LogP contribution in [0.1, 0.15) is 31.9 Å². The Morgan fingerprint density at radius 3 is 2.44 bits per heavy atom. The zero-order chi connectivity index (χ0) is 12.0. The van der Waals surface area contributed by atoms with E-state index >= 15 is 0 Å². The molecule has 0 saturated carbocycles. The van der Waals surface area contributed by atoms with Gasteiger partial charge in [-0.15, -0.1) is 0 Å². The summed E-state index contributed by atoms with van der Waals surface area (Å²) in [4.78, 5) is 0. The summed E-state index contributed by atoms with van der Waals surface area (Å²) in [6.07, 6.45) is 4.34. The molecule has 0 aliphatic rings. The number of hydrogen-bond acceptors (Lipinski definition) is 1. The molecule has 0 saturated heterocycles. The monoisotopic (exact) mass is 215 g/mol. The average molecular weight is 215 g/mol. The Morgan fingerprint density at radius 1 is 1.19 bits per heavy atom. The van der Waals surface area contributed by atoms with Crippen LogP contribution < -0.4 is 5.32 Å². The molecular weight excluding hydrogens is 194 g/mol. The molecule has 0 aliphatic carbocycles. The highest BCUT2D eigenvalue weighted by Gasteiger charge is 2.06. The van der Waals surface area contributed by atoms with E-state index in [0.29, 0.717) is 0 Å². The lowest BCUT2D eigenvalue weighted by atomic mass is 9.94. The highest BCUT2D eigenvalue weighted by Crippen LogP contribution is 2.25. The first-order chi connectivity index (χ1) is 7.74. The Labute approximate surface area is 98.9 Å². The highest BCUT2D eigenvalue weighted by molar-refractivity contribution is 5.79. The van der Waals surface area contributed by atoms with E-state index in [1.54, 1.807) is 0 Å². The van der Waals surface area contributed by atoms with Crippen LogP contribution in [0.25, 0.3) is 5.57 Å². The summed E-state index contributed by atoms with van der Waals surface area (Å²) < 4.78 is 0. The molecule has 0 radical (unpaired) electrons. The van der Waals surface area contributed by atoms with Gasteiger partial charge < -0.3 is 5.32 Å². The number of hydrogen-bond donors (Lipinski definition) is 1. The largest absolute Gasteiger partial charge is 0.316 e. The fraction of sp³-hybridized carbons (Fsp3) is 0.333. The number of nitrogens with one attached hydrogen (secondary N) is 1. The normalized spacial score (nSPS) is 13.0. The van der Waals surface area contributed by atoms with Gasteiger partial charge >= 0.3 is 0 Å². The molecule has 0 amide bonds. The second-order valence-electron chi connectivity index (χ2n) is 3.86. The SMILES string of the molecule is C/C=C(C)\C(=C/C)c1ccccc1CNC. The first kappa shape index (κ1) is 12.7. The molecule has 1 rings (SSSR count). The van der Waals surface area contributed by atoms with Gasteiger partial charge in [0.1, 0.15) is 0 Å². The van der Waals surface area contributed by atoms with Crippen LogP contribution in [0.2, 0.25) is 0 Å². The minimum atomic E-state index is 0.907. The Balaban J connectivity index is 3.20. The number of benzene rings is 1. The van der Waals surface area contributed by atoms with E-state index in [0.717, 1.165) is 6.54 Å². The van der Waals surface area contributed by atoms with Crippen molar-refractivity contribution in [3.63, 3.8) is 0 Å². The second-order valence-corrected chi connectivity index (χ2v) is 3.86. The third kappa shape index (κ3) is 2.83. The standard InChI is InChI=1S/C15H21N/c1-5-12(3)14(6-2)15-10-8-7-9-13(15)11-16-4/h5-10,16H,11H2,1-4H3/b12-5-,14-6+. The molecule has 0 aliphatic heterocycles. The predicted molar refractivity (Wildman–Crippen MR) is 72.3 cm³/mol. The smallest absolute Gasteiger partial charge is 0.0208 e. The fourth-order valence-electron chi connectivity index (χ4n) is 1.88. The fourth-order valence-corrected chi connectivity index (χ4v) is 1.88. The quantitative estimate of drug-likeness (QED) is 0.754. The molecule has 0 aromatic heterocycles. The van der Waals surface area contributed by atoms with Crippen molar-refractivity contribution in [2.75, 3.05) is 7.05 Å². The van der Waals surface area contributed by atoms with Crippen molar-refractivity contribution >= 4 is 5.57 Å². The van der Waals surface area contributed by atoms with Crippen LogP contribution in [-0.4, -0.2) is 7.05 Å². The minimum absolute atomic E-state index is 0.907. The molecule has 0 unspecified atom stereocenters. The zero-order valence-corrected chi connectivity index (χ0v) is 10.7.